The Balaban J connectivity index is 1.76. The van der Waals surface area contributed by atoms with E-state index in [9.17, 15) is 18.0 Å². The molecule has 0 radical (unpaired) electrons. The largest absolute Gasteiger partial charge is 0.497 e. The van der Waals surface area contributed by atoms with Gasteiger partial charge < -0.3 is 19.7 Å². The summed E-state index contributed by atoms with van der Waals surface area (Å²) < 4.78 is 38.6. The van der Waals surface area contributed by atoms with E-state index >= 15 is 0 Å². The summed E-state index contributed by atoms with van der Waals surface area (Å²) in [6.07, 6.45) is 2.91. The number of ether oxygens (including phenoxy) is 2. The Bertz CT molecular complexity index is 1130. The van der Waals surface area contributed by atoms with Crippen LogP contribution in [-0.2, 0) is 14.8 Å². The Morgan fingerprint density at radius 3 is 2.52 bits per heavy atom. The van der Waals surface area contributed by atoms with Crippen LogP contribution in [0.2, 0.25) is 0 Å². The van der Waals surface area contributed by atoms with E-state index in [4.69, 9.17) is 9.47 Å². The van der Waals surface area contributed by atoms with Gasteiger partial charge >= 0.3 is 0 Å². The third-order valence-electron chi connectivity index (χ3n) is 5.28. The Kier molecular flexibility index (Phi) is 7.59. The van der Waals surface area contributed by atoms with Gasteiger partial charge in [-0.2, -0.15) is 0 Å². The Morgan fingerprint density at radius 2 is 1.88 bits per heavy atom. The van der Waals surface area contributed by atoms with Gasteiger partial charge in [0.2, 0.25) is 5.91 Å². The number of amides is 2. The van der Waals surface area contributed by atoms with Crippen LogP contribution in [0.4, 0.5) is 5.69 Å². The maximum Gasteiger partial charge on any atom is 0.265 e. The van der Waals surface area contributed by atoms with Crippen LogP contribution in [0.25, 0.3) is 0 Å². The molecule has 10 heteroatoms. The lowest BCUT2D eigenvalue weighted by Gasteiger charge is -2.24. The van der Waals surface area contributed by atoms with Gasteiger partial charge in [0.1, 0.15) is 22.4 Å². The Labute approximate surface area is 193 Å². The van der Waals surface area contributed by atoms with Crippen molar-refractivity contribution in [3.63, 3.8) is 0 Å². The van der Waals surface area contributed by atoms with Crippen molar-refractivity contribution in [2.45, 2.75) is 23.8 Å². The first kappa shape index (κ1) is 24.1. The first-order chi connectivity index (χ1) is 15.8. The zero-order valence-electron chi connectivity index (χ0n) is 18.5. The molecule has 1 atom stereocenters. The average molecular weight is 474 g/mol. The minimum absolute atomic E-state index is 0.0741. The van der Waals surface area contributed by atoms with Gasteiger partial charge in [-0.15, -0.1) is 6.58 Å². The molecule has 1 aliphatic heterocycles. The topological polar surface area (TPSA) is 114 Å². The summed E-state index contributed by atoms with van der Waals surface area (Å²) in [5.41, 5.74) is 0.637. The highest BCUT2D eigenvalue weighted by Gasteiger charge is 2.34. The van der Waals surface area contributed by atoms with Crippen molar-refractivity contribution < 1.29 is 27.5 Å². The highest BCUT2D eigenvalue weighted by Crippen LogP contribution is 2.30. The molecule has 0 aliphatic carbocycles. The molecular weight excluding hydrogens is 446 g/mol. The number of rotatable bonds is 9. The van der Waals surface area contributed by atoms with Crippen LogP contribution in [-0.4, -0.2) is 58.5 Å². The van der Waals surface area contributed by atoms with Crippen molar-refractivity contribution in [1.82, 2.24) is 10.2 Å². The fourth-order valence-electron chi connectivity index (χ4n) is 3.62. The zero-order valence-corrected chi connectivity index (χ0v) is 19.4. The predicted octanol–water partition coefficient (Wildman–Crippen LogP) is 2.41. The maximum absolute atomic E-state index is 13.0. The van der Waals surface area contributed by atoms with Gasteiger partial charge in [-0.1, -0.05) is 6.08 Å². The molecule has 2 amide bonds. The lowest BCUT2D eigenvalue weighted by molar-refractivity contribution is -0.124. The van der Waals surface area contributed by atoms with Crippen molar-refractivity contribution in [3.05, 3.63) is 60.7 Å². The van der Waals surface area contributed by atoms with Crippen LogP contribution >= 0.6 is 0 Å². The van der Waals surface area contributed by atoms with E-state index in [1.807, 2.05) is 0 Å². The first-order valence-corrected chi connectivity index (χ1v) is 11.8. The van der Waals surface area contributed by atoms with Gasteiger partial charge in [0.15, 0.2) is 0 Å². The molecule has 2 aromatic rings. The Hall–Kier alpha value is -3.53. The molecule has 0 spiro atoms. The minimum Gasteiger partial charge on any atom is -0.497 e. The molecule has 9 nitrogen and oxygen atoms in total. The smallest absolute Gasteiger partial charge is 0.265 e. The SMILES string of the molecule is C=CCNC(=O)C1CCCN1C(=O)c1ccc(NS(=O)(=O)c2cc(OC)ccc2OC)cc1. The zero-order chi connectivity index (χ0) is 24.0. The third kappa shape index (κ3) is 5.46. The molecule has 3 rings (SSSR count). The number of hydrogen-bond acceptors (Lipinski definition) is 6. The molecule has 0 aromatic heterocycles. The molecule has 1 heterocycles. The summed E-state index contributed by atoms with van der Waals surface area (Å²) in [7, 11) is -1.16. The number of sulfonamides is 1. The molecule has 176 valence electrons. The van der Waals surface area contributed by atoms with Crippen LogP contribution in [0, 0.1) is 0 Å². The highest BCUT2D eigenvalue weighted by molar-refractivity contribution is 7.92. The van der Waals surface area contributed by atoms with E-state index in [1.165, 1.54) is 50.6 Å². The summed E-state index contributed by atoms with van der Waals surface area (Å²) in [5.74, 6) is 0.0480. The van der Waals surface area contributed by atoms with Gasteiger partial charge in [-0.3, -0.25) is 14.3 Å². The van der Waals surface area contributed by atoms with E-state index in [0.717, 1.165) is 6.42 Å². The van der Waals surface area contributed by atoms with Gasteiger partial charge in [0, 0.05) is 30.4 Å². The third-order valence-corrected chi connectivity index (χ3v) is 6.68. The minimum atomic E-state index is -3.98. The van der Waals surface area contributed by atoms with Crippen molar-refractivity contribution in [2.75, 3.05) is 32.0 Å². The molecule has 0 bridgehead atoms. The quantitative estimate of drug-likeness (QED) is 0.541. The number of nitrogens with one attached hydrogen (secondary N) is 2. The van der Waals surface area contributed by atoms with Crippen molar-refractivity contribution in [1.29, 1.82) is 0 Å². The molecular formula is C23H27N3O6S. The van der Waals surface area contributed by atoms with Crippen LogP contribution in [0.15, 0.2) is 60.0 Å². The number of anilines is 1. The first-order valence-electron chi connectivity index (χ1n) is 10.3. The maximum atomic E-state index is 13.0. The van der Waals surface area contributed by atoms with Gasteiger partial charge in [0.05, 0.1) is 14.2 Å². The molecule has 2 aromatic carbocycles. The number of carbonyl (C=O) groups is 2. The highest BCUT2D eigenvalue weighted by atomic mass is 32.2. The molecule has 2 N–H and O–H groups in total. The standard InChI is InChI=1S/C23H27N3O6S/c1-4-13-24-22(27)19-6-5-14-26(19)23(28)16-7-9-17(10-8-16)25-33(29,30)21-15-18(31-2)11-12-20(21)32-3/h4,7-12,15,19,25H,1,5-6,13-14H2,2-3H3,(H,24,27). The normalized spacial score (nSPS) is 15.6. The van der Waals surface area contributed by atoms with E-state index in [0.29, 0.717) is 30.8 Å². The summed E-state index contributed by atoms with van der Waals surface area (Å²) in [5, 5.41) is 2.73. The predicted molar refractivity (Wildman–Crippen MR) is 124 cm³/mol. The van der Waals surface area contributed by atoms with Crippen LogP contribution < -0.4 is 19.5 Å². The number of nitrogens with zero attached hydrogens (tertiary/aromatic N) is 1. The monoisotopic (exact) mass is 473 g/mol. The number of likely N-dealkylation sites (tertiary alicyclic amines) is 1. The molecule has 1 saturated heterocycles. The summed E-state index contributed by atoms with van der Waals surface area (Å²) in [6, 6.07) is 10.00. The van der Waals surface area contributed by atoms with Gasteiger partial charge in [-0.05, 0) is 49.2 Å². The number of methoxy groups -OCH3 is 2. The molecule has 33 heavy (non-hydrogen) atoms. The molecule has 0 saturated carbocycles. The fourth-order valence-corrected chi connectivity index (χ4v) is 4.87. The van der Waals surface area contributed by atoms with Crippen molar-refractivity contribution >= 4 is 27.5 Å². The number of hydrogen-bond donors (Lipinski definition) is 2. The molecule has 1 unspecified atom stereocenters. The average Bonchev–Trinajstić information content (AvgIpc) is 3.32. The van der Waals surface area contributed by atoms with E-state index in [1.54, 1.807) is 17.0 Å². The second-order valence-corrected chi connectivity index (χ2v) is 9.04. The Morgan fingerprint density at radius 1 is 1.15 bits per heavy atom. The van der Waals surface area contributed by atoms with E-state index in [2.05, 4.69) is 16.6 Å². The summed E-state index contributed by atoms with van der Waals surface area (Å²) in [4.78, 5) is 26.8. The van der Waals surface area contributed by atoms with Gasteiger partial charge in [-0.25, -0.2) is 8.42 Å². The van der Waals surface area contributed by atoms with Crippen molar-refractivity contribution in [3.8, 4) is 11.5 Å². The summed E-state index contributed by atoms with van der Waals surface area (Å²) >= 11 is 0. The van der Waals surface area contributed by atoms with Gasteiger partial charge in [0.25, 0.3) is 15.9 Å². The second-order valence-electron chi connectivity index (χ2n) is 7.39. The second kappa shape index (κ2) is 10.4. The van der Waals surface area contributed by atoms with Crippen molar-refractivity contribution in [2.24, 2.45) is 0 Å². The van der Waals surface area contributed by atoms with E-state index in [-0.39, 0.29) is 28.1 Å². The molecule has 1 aliphatic rings. The molecule has 1 fully saturated rings. The fraction of sp³-hybridized carbons (Fsp3) is 0.304. The van der Waals surface area contributed by atoms with Crippen LogP contribution in [0.1, 0.15) is 23.2 Å². The van der Waals surface area contributed by atoms with E-state index < -0.39 is 16.1 Å². The number of benzene rings is 2. The number of carbonyl (C=O) groups excluding carboxylic acids is 2. The van der Waals surface area contributed by atoms with Crippen LogP contribution in [0.3, 0.4) is 0 Å². The lowest BCUT2D eigenvalue weighted by Crippen LogP contribution is -2.46. The summed E-state index contributed by atoms with van der Waals surface area (Å²) in [6.45, 7) is 4.39. The van der Waals surface area contributed by atoms with Crippen LogP contribution in [0.5, 0.6) is 11.5 Å². The lowest BCUT2D eigenvalue weighted by atomic mass is 10.1.